The molecule has 19 heavy (non-hydrogen) atoms. The number of benzene rings is 1. The largest absolute Gasteiger partial charge is 0.388 e. The molecule has 1 aliphatic rings. The first-order chi connectivity index (χ1) is 9.22. The van der Waals surface area contributed by atoms with Gasteiger partial charge in [0, 0.05) is 13.2 Å². The minimum atomic E-state index is -0.381. The van der Waals surface area contributed by atoms with E-state index >= 15 is 0 Å². The van der Waals surface area contributed by atoms with Crippen molar-refractivity contribution in [3.8, 4) is 0 Å². The molecule has 0 amide bonds. The summed E-state index contributed by atoms with van der Waals surface area (Å²) >= 11 is 0. The Morgan fingerprint density at radius 2 is 2.05 bits per heavy atom. The zero-order chi connectivity index (χ0) is 13.2. The Morgan fingerprint density at radius 3 is 2.63 bits per heavy atom. The van der Waals surface area contributed by atoms with Crippen molar-refractivity contribution in [1.82, 2.24) is 9.78 Å². The number of nitrogens with zero attached hydrogens (tertiary/aromatic N) is 2. The summed E-state index contributed by atoms with van der Waals surface area (Å²) < 4.78 is 1.80. The van der Waals surface area contributed by atoms with E-state index in [1.54, 1.807) is 4.68 Å². The highest BCUT2D eigenvalue weighted by Gasteiger charge is 2.23. The van der Waals surface area contributed by atoms with Gasteiger partial charge >= 0.3 is 0 Å². The normalized spacial score (nSPS) is 16.5. The summed E-state index contributed by atoms with van der Waals surface area (Å²) in [6.07, 6.45) is 7.74. The molecule has 0 bridgehead atoms. The zero-order valence-electron chi connectivity index (χ0n) is 11.3. The Balaban J connectivity index is 1.58. The molecular formula is C16H20N2O. The summed E-state index contributed by atoms with van der Waals surface area (Å²) in [7, 11) is 1.91. The Morgan fingerprint density at radius 1 is 1.32 bits per heavy atom. The molecule has 1 saturated carbocycles. The lowest BCUT2D eigenvalue weighted by molar-refractivity contribution is 0.168. The number of aliphatic hydroxyl groups is 1. The summed E-state index contributed by atoms with van der Waals surface area (Å²) in [5.74, 6) is 0.779. The van der Waals surface area contributed by atoms with Gasteiger partial charge in [0.05, 0.1) is 12.3 Å². The van der Waals surface area contributed by atoms with Gasteiger partial charge in [0.1, 0.15) is 0 Å². The van der Waals surface area contributed by atoms with Crippen molar-refractivity contribution in [2.24, 2.45) is 7.05 Å². The van der Waals surface area contributed by atoms with E-state index in [1.165, 1.54) is 24.0 Å². The van der Waals surface area contributed by atoms with Gasteiger partial charge in [-0.3, -0.25) is 4.68 Å². The smallest absolute Gasteiger partial charge is 0.0793 e. The lowest BCUT2D eigenvalue weighted by Gasteiger charge is -2.11. The second-order valence-electron chi connectivity index (χ2n) is 5.52. The SMILES string of the molecule is Cn1cc(CCC(O)c2ccc(C3CC3)cc2)cn1. The number of aryl methyl sites for hydroxylation is 2. The van der Waals surface area contributed by atoms with Crippen LogP contribution in [0.15, 0.2) is 36.7 Å². The van der Waals surface area contributed by atoms with E-state index in [-0.39, 0.29) is 6.10 Å². The van der Waals surface area contributed by atoms with Crippen LogP contribution in [0, 0.1) is 0 Å². The van der Waals surface area contributed by atoms with Gasteiger partial charge in [0.15, 0.2) is 0 Å². The summed E-state index contributed by atoms with van der Waals surface area (Å²) in [6.45, 7) is 0. The van der Waals surface area contributed by atoms with Crippen molar-refractivity contribution in [1.29, 1.82) is 0 Å². The van der Waals surface area contributed by atoms with E-state index in [0.29, 0.717) is 0 Å². The third-order valence-electron chi connectivity index (χ3n) is 3.83. The molecule has 0 saturated heterocycles. The monoisotopic (exact) mass is 256 g/mol. The van der Waals surface area contributed by atoms with E-state index in [1.807, 2.05) is 19.4 Å². The molecule has 1 atom stereocenters. The molecule has 2 aromatic rings. The number of rotatable bonds is 5. The van der Waals surface area contributed by atoms with Crippen LogP contribution in [0.1, 0.15) is 48.0 Å². The molecule has 1 heterocycles. The quantitative estimate of drug-likeness (QED) is 0.893. The molecule has 1 fully saturated rings. The van der Waals surface area contributed by atoms with Crippen molar-refractivity contribution >= 4 is 0 Å². The average Bonchev–Trinajstić information content (AvgIpc) is 3.19. The molecule has 100 valence electrons. The van der Waals surface area contributed by atoms with Gasteiger partial charge < -0.3 is 5.11 Å². The highest BCUT2D eigenvalue weighted by molar-refractivity contribution is 5.29. The Bertz CT molecular complexity index is 540. The second kappa shape index (κ2) is 5.17. The highest BCUT2D eigenvalue weighted by Crippen LogP contribution is 2.40. The summed E-state index contributed by atoms with van der Waals surface area (Å²) in [5.41, 5.74) is 3.62. The van der Waals surface area contributed by atoms with Crippen LogP contribution in [-0.4, -0.2) is 14.9 Å². The van der Waals surface area contributed by atoms with Gasteiger partial charge in [-0.2, -0.15) is 5.10 Å². The minimum Gasteiger partial charge on any atom is -0.388 e. The summed E-state index contributed by atoms with van der Waals surface area (Å²) in [6, 6.07) is 8.48. The standard InChI is InChI=1S/C16H20N2O/c1-18-11-12(10-17-18)2-9-16(19)15-7-5-14(6-8-15)13-3-4-13/h5-8,10-11,13,16,19H,2-4,9H2,1H3. The van der Waals surface area contributed by atoms with Crippen LogP contribution in [0.3, 0.4) is 0 Å². The molecule has 1 aliphatic carbocycles. The molecule has 1 aromatic carbocycles. The number of aromatic nitrogens is 2. The lowest BCUT2D eigenvalue weighted by Crippen LogP contribution is -1.99. The number of hydrogen-bond acceptors (Lipinski definition) is 2. The fourth-order valence-corrected chi connectivity index (χ4v) is 2.48. The highest BCUT2D eigenvalue weighted by atomic mass is 16.3. The molecule has 0 radical (unpaired) electrons. The first-order valence-corrected chi connectivity index (χ1v) is 6.98. The summed E-state index contributed by atoms with van der Waals surface area (Å²) in [4.78, 5) is 0. The van der Waals surface area contributed by atoms with Crippen LogP contribution in [0.5, 0.6) is 0 Å². The molecular weight excluding hydrogens is 236 g/mol. The van der Waals surface area contributed by atoms with Gasteiger partial charge in [-0.1, -0.05) is 24.3 Å². The van der Waals surface area contributed by atoms with Crippen molar-refractivity contribution in [2.45, 2.75) is 37.7 Å². The minimum absolute atomic E-state index is 0.381. The molecule has 1 unspecified atom stereocenters. The van der Waals surface area contributed by atoms with E-state index < -0.39 is 0 Å². The maximum absolute atomic E-state index is 10.2. The molecule has 3 rings (SSSR count). The van der Waals surface area contributed by atoms with Crippen LogP contribution in [-0.2, 0) is 13.5 Å². The molecule has 1 N–H and O–H groups in total. The van der Waals surface area contributed by atoms with Gasteiger partial charge in [0.25, 0.3) is 0 Å². The predicted molar refractivity (Wildman–Crippen MR) is 74.9 cm³/mol. The van der Waals surface area contributed by atoms with Crippen LogP contribution < -0.4 is 0 Å². The van der Waals surface area contributed by atoms with Crippen molar-refractivity contribution in [2.75, 3.05) is 0 Å². The van der Waals surface area contributed by atoms with Gasteiger partial charge in [0.2, 0.25) is 0 Å². The number of aliphatic hydroxyl groups excluding tert-OH is 1. The van der Waals surface area contributed by atoms with E-state index in [4.69, 9.17) is 0 Å². The fraction of sp³-hybridized carbons (Fsp3) is 0.438. The molecule has 3 heteroatoms. The van der Waals surface area contributed by atoms with E-state index in [2.05, 4.69) is 29.4 Å². The maximum Gasteiger partial charge on any atom is 0.0793 e. The van der Waals surface area contributed by atoms with Crippen LogP contribution in [0.4, 0.5) is 0 Å². The molecule has 0 aliphatic heterocycles. The third kappa shape index (κ3) is 3.04. The Labute approximate surface area is 113 Å². The van der Waals surface area contributed by atoms with Crippen LogP contribution >= 0.6 is 0 Å². The van der Waals surface area contributed by atoms with Crippen LogP contribution in [0.2, 0.25) is 0 Å². The second-order valence-corrected chi connectivity index (χ2v) is 5.52. The van der Waals surface area contributed by atoms with Crippen LogP contribution in [0.25, 0.3) is 0 Å². The van der Waals surface area contributed by atoms with E-state index in [0.717, 1.165) is 24.3 Å². The van der Waals surface area contributed by atoms with Gasteiger partial charge in [-0.15, -0.1) is 0 Å². The average molecular weight is 256 g/mol. The summed E-state index contributed by atoms with van der Waals surface area (Å²) in [5, 5.41) is 14.3. The lowest BCUT2D eigenvalue weighted by atomic mass is 10.0. The molecule has 1 aromatic heterocycles. The van der Waals surface area contributed by atoms with Gasteiger partial charge in [-0.05, 0) is 48.3 Å². The molecule has 3 nitrogen and oxygen atoms in total. The fourth-order valence-electron chi connectivity index (χ4n) is 2.48. The maximum atomic E-state index is 10.2. The first-order valence-electron chi connectivity index (χ1n) is 6.98. The Kier molecular flexibility index (Phi) is 3.38. The van der Waals surface area contributed by atoms with Gasteiger partial charge in [-0.25, -0.2) is 0 Å². The topological polar surface area (TPSA) is 38.0 Å². The van der Waals surface area contributed by atoms with Crippen molar-refractivity contribution < 1.29 is 5.11 Å². The zero-order valence-corrected chi connectivity index (χ0v) is 11.3. The number of hydrogen-bond donors (Lipinski definition) is 1. The van der Waals surface area contributed by atoms with E-state index in [9.17, 15) is 5.11 Å². The Hall–Kier alpha value is -1.61. The molecule has 0 spiro atoms. The first kappa shape index (κ1) is 12.4. The predicted octanol–water partition coefficient (Wildman–Crippen LogP) is 2.96. The van der Waals surface area contributed by atoms with Crippen molar-refractivity contribution in [3.05, 3.63) is 53.3 Å². The van der Waals surface area contributed by atoms with Crippen molar-refractivity contribution in [3.63, 3.8) is 0 Å². The third-order valence-corrected chi connectivity index (χ3v) is 3.83.